The van der Waals surface area contributed by atoms with Crippen molar-refractivity contribution in [2.75, 3.05) is 19.8 Å². The van der Waals surface area contributed by atoms with Crippen molar-refractivity contribution in [1.29, 1.82) is 0 Å². The number of nitrogens with one attached hydrogen (secondary N) is 2. The zero-order chi connectivity index (χ0) is 15.3. The molecule has 0 aliphatic carbocycles. The van der Waals surface area contributed by atoms with E-state index in [9.17, 15) is 9.00 Å². The third-order valence-electron chi connectivity index (χ3n) is 3.40. The maximum absolute atomic E-state index is 11.7. The molecule has 0 saturated heterocycles. The highest BCUT2D eigenvalue weighted by Crippen LogP contribution is 2.18. The fourth-order valence-electron chi connectivity index (χ4n) is 1.89. The van der Waals surface area contributed by atoms with Crippen LogP contribution in [-0.4, -0.2) is 30.0 Å². The maximum Gasteiger partial charge on any atom is 0.226 e. The van der Waals surface area contributed by atoms with Crippen molar-refractivity contribution in [2.24, 2.45) is 5.41 Å². The molecule has 20 heavy (non-hydrogen) atoms. The summed E-state index contributed by atoms with van der Waals surface area (Å²) in [4.78, 5) is 12.5. The zero-order valence-corrected chi connectivity index (χ0v) is 13.6. The summed E-state index contributed by atoms with van der Waals surface area (Å²) in [5, 5.41) is 6.04. The Morgan fingerprint density at radius 2 is 1.85 bits per heavy atom. The van der Waals surface area contributed by atoms with Gasteiger partial charge < -0.3 is 10.6 Å². The molecule has 0 saturated carbocycles. The van der Waals surface area contributed by atoms with Crippen molar-refractivity contribution >= 4 is 16.7 Å². The minimum absolute atomic E-state index is 0.0222. The van der Waals surface area contributed by atoms with Crippen molar-refractivity contribution in [3.05, 3.63) is 29.8 Å². The first-order valence-corrected chi connectivity index (χ1v) is 8.22. The van der Waals surface area contributed by atoms with E-state index in [1.54, 1.807) is 13.3 Å². The van der Waals surface area contributed by atoms with E-state index in [2.05, 4.69) is 17.6 Å². The number of amides is 1. The summed E-state index contributed by atoms with van der Waals surface area (Å²) in [7, 11) is 0.701. The molecule has 0 bridgehead atoms. The number of benzene rings is 1. The molecule has 1 rings (SSSR count). The van der Waals surface area contributed by atoms with Crippen LogP contribution in [0.4, 0.5) is 0 Å². The summed E-state index contributed by atoms with van der Waals surface area (Å²) in [6, 6.07) is 7.85. The van der Waals surface area contributed by atoms with Crippen molar-refractivity contribution in [2.45, 2.75) is 31.7 Å². The quantitative estimate of drug-likeness (QED) is 0.842. The Bertz CT molecular complexity index is 483. The van der Waals surface area contributed by atoms with E-state index in [1.165, 1.54) is 0 Å². The van der Waals surface area contributed by atoms with Crippen LogP contribution in [-0.2, 0) is 15.6 Å². The first-order valence-electron chi connectivity index (χ1n) is 6.67. The molecular weight excluding hydrogens is 272 g/mol. The monoisotopic (exact) mass is 296 g/mol. The molecule has 0 spiro atoms. The van der Waals surface area contributed by atoms with E-state index in [1.807, 2.05) is 38.1 Å². The largest absolute Gasteiger partial charge is 0.359 e. The van der Waals surface area contributed by atoms with Gasteiger partial charge in [-0.05, 0) is 38.5 Å². The van der Waals surface area contributed by atoms with E-state index in [4.69, 9.17) is 0 Å². The van der Waals surface area contributed by atoms with E-state index in [-0.39, 0.29) is 11.9 Å². The number of hydrogen-bond donors (Lipinski definition) is 2. The second-order valence-electron chi connectivity index (χ2n) is 5.59. The topological polar surface area (TPSA) is 58.2 Å². The van der Waals surface area contributed by atoms with Crippen LogP contribution >= 0.6 is 0 Å². The lowest BCUT2D eigenvalue weighted by molar-refractivity contribution is -0.128. The summed E-state index contributed by atoms with van der Waals surface area (Å²) in [5.74, 6) is 0.0222. The fourth-order valence-corrected chi connectivity index (χ4v) is 2.41. The van der Waals surface area contributed by atoms with E-state index in [0.717, 1.165) is 10.5 Å². The molecule has 0 unspecified atom stereocenters. The van der Waals surface area contributed by atoms with Gasteiger partial charge in [-0.3, -0.25) is 9.00 Å². The predicted molar refractivity (Wildman–Crippen MR) is 83.0 cm³/mol. The Labute approximate surface area is 123 Å². The van der Waals surface area contributed by atoms with Gasteiger partial charge in [0.1, 0.15) is 0 Å². The van der Waals surface area contributed by atoms with Crippen LogP contribution in [0.2, 0.25) is 0 Å². The van der Waals surface area contributed by atoms with E-state index < -0.39 is 16.2 Å². The third-order valence-corrected chi connectivity index (χ3v) is 4.34. The van der Waals surface area contributed by atoms with Gasteiger partial charge in [0, 0.05) is 41.6 Å². The van der Waals surface area contributed by atoms with E-state index in [0.29, 0.717) is 6.54 Å². The van der Waals surface area contributed by atoms with Crippen LogP contribution in [0.3, 0.4) is 0 Å². The van der Waals surface area contributed by atoms with Crippen molar-refractivity contribution < 1.29 is 9.00 Å². The van der Waals surface area contributed by atoms with Gasteiger partial charge in [0.25, 0.3) is 0 Å². The lowest BCUT2D eigenvalue weighted by Gasteiger charge is -2.25. The molecule has 0 heterocycles. The molecule has 112 valence electrons. The first kappa shape index (κ1) is 16.9. The van der Waals surface area contributed by atoms with Gasteiger partial charge in [-0.2, -0.15) is 0 Å². The van der Waals surface area contributed by atoms with Gasteiger partial charge in [-0.15, -0.1) is 0 Å². The summed E-state index contributed by atoms with van der Waals surface area (Å²) in [5.41, 5.74) is 0.667. The molecule has 0 aliphatic heterocycles. The third kappa shape index (κ3) is 4.42. The number of hydrogen-bond acceptors (Lipinski definition) is 3. The molecule has 0 radical (unpaired) electrons. The van der Waals surface area contributed by atoms with Gasteiger partial charge >= 0.3 is 0 Å². The second kappa shape index (κ2) is 6.99. The van der Waals surface area contributed by atoms with Crippen LogP contribution in [0.15, 0.2) is 29.2 Å². The average molecular weight is 296 g/mol. The molecule has 2 atom stereocenters. The lowest BCUT2D eigenvalue weighted by Crippen LogP contribution is -2.42. The average Bonchev–Trinajstić information content (AvgIpc) is 2.43. The highest BCUT2D eigenvalue weighted by molar-refractivity contribution is 7.84. The summed E-state index contributed by atoms with van der Waals surface area (Å²) >= 11 is 0. The molecule has 0 fully saturated rings. The van der Waals surface area contributed by atoms with Gasteiger partial charge in [0.2, 0.25) is 5.91 Å². The Hall–Kier alpha value is -1.20. The van der Waals surface area contributed by atoms with Crippen LogP contribution < -0.4 is 10.6 Å². The summed E-state index contributed by atoms with van der Waals surface area (Å²) in [6.07, 6.45) is 1.67. The molecule has 0 aliphatic rings. The van der Waals surface area contributed by atoms with Crippen LogP contribution in [0.1, 0.15) is 32.4 Å². The molecule has 1 amide bonds. The molecular formula is C15H24N2O2S. The smallest absolute Gasteiger partial charge is 0.226 e. The van der Waals surface area contributed by atoms with Gasteiger partial charge in [-0.1, -0.05) is 12.1 Å². The van der Waals surface area contributed by atoms with E-state index >= 15 is 0 Å². The highest BCUT2D eigenvalue weighted by atomic mass is 32.2. The lowest BCUT2D eigenvalue weighted by atomic mass is 9.91. The minimum atomic E-state index is -0.949. The molecule has 1 aromatic carbocycles. The van der Waals surface area contributed by atoms with Crippen molar-refractivity contribution in [3.8, 4) is 0 Å². The fraction of sp³-hybridized carbons (Fsp3) is 0.533. The molecule has 1 aromatic rings. The molecule has 0 aromatic heterocycles. The SMILES string of the molecule is CNC(=O)C(C)(C)CN[C@@H](C)c1ccc([S@](C)=O)cc1. The summed E-state index contributed by atoms with van der Waals surface area (Å²) in [6.45, 7) is 6.47. The second-order valence-corrected chi connectivity index (χ2v) is 6.97. The minimum Gasteiger partial charge on any atom is -0.359 e. The number of carbonyl (C=O) groups excluding carboxylic acids is 1. The number of rotatable bonds is 6. The summed E-state index contributed by atoms with van der Waals surface area (Å²) < 4.78 is 11.3. The zero-order valence-electron chi connectivity index (χ0n) is 12.8. The highest BCUT2D eigenvalue weighted by Gasteiger charge is 2.26. The van der Waals surface area contributed by atoms with Gasteiger partial charge in [0.05, 0.1) is 5.41 Å². The van der Waals surface area contributed by atoms with Crippen LogP contribution in [0.5, 0.6) is 0 Å². The standard InChI is InChI=1S/C15H24N2O2S/c1-11(17-10-15(2,3)14(18)16-4)12-6-8-13(9-7-12)20(5)19/h6-9,11,17H,10H2,1-5H3,(H,16,18)/t11-,20-/m0/s1. The Balaban J connectivity index is 2.65. The molecule has 4 nitrogen and oxygen atoms in total. The Kier molecular flexibility index (Phi) is 5.89. The number of carbonyl (C=O) groups is 1. The van der Waals surface area contributed by atoms with Crippen molar-refractivity contribution in [3.63, 3.8) is 0 Å². The van der Waals surface area contributed by atoms with Crippen molar-refractivity contribution in [1.82, 2.24) is 10.6 Å². The maximum atomic E-state index is 11.7. The Morgan fingerprint density at radius 3 is 2.30 bits per heavy atom. The molecule has 5 heteroatoms. The van der Waals surface area contributed by atoms with Gasteiger partial charge in [-0.25, -0.2) is 0 Å². The predicted octanol–water partition coefficient (Wildman–Crippen LogP) is 1.85. The Morgan fingerprint density at radius 1 is 1.30 bits per heavy atom. The molecule has 2 N–H and O–H groups in total. The first-order chi connectivity index (χ1) is 9.27. The normalized spacial score (nSPS) is 14.7. The van der Waals surface area contributed by atoms with Crippen LogP contribution in [0, 0.1) is 5.41 Å². The van der Waals surface area contributed by atoms with Crippen LogP contribution in [0.25, 0.3) is 0 Å². The van der Waals surface area contributed by atoms with Gasteiger partial charge in [0.15, 0.2) is 0 Å².